The Labute approximate surface area is 77.9 Å². The van der Waals surface area contributed by atoms with Crippen molar-refractivity contribution in [2.45, 2.75) is 20.0 Å². The molecule has 0 atom stereocenters. The molecule has 3 N–H and O–H groups in total. The second-order valence-electron chi connectivity index (χ2n) is 2.96. The zero-order chi connectivity index (χ0) is 9.68. The summed E-state index contributed by atoms with van der Waals surface area (Å²) in [5.41, 5.74) is 8.91. The molecule has 1 rings (SSSR count). The van der Waals surface area contributed by atoms with Crippen LogP contribution in [0.25, 0.3) is 0 Å². The predicted octanol–water partition coefficient (Wildman–Crippen LogP) is 0.700. The van der Waals surface area contributed by atoms with Gasteiger partial charge in [-0.2, -0.15) is 0 Å². The van der Waals surface area contributed by atoms with Crippen LogP contribution in [0.3, 0.4) is 0 Å². The molecule has 13 heavy (non-hydrogen) atoms. The van der Waals surface area contributed by atoms with Gasteiger partial charge in [0.25, 0.3) is 0 Å². The van der Waals surface area contributed by atoms with Crippen LogP contribution in [-0.4, -0.2) is 6.41 Å². The van der Waals surface area contributed by atoms with Gasteiger partial charge in [0, 0.05) is 13.1 Å². The fourth-order valence-electron chi connectivity index (χ4n) is 1.23. The molecular weight excluding hydrogens is 164 g/mol. The molecule has 0 fully saturated rings. The Kier molecular flexibility index (Phi) is 3.46. The Bertz CT molecular complexity index is 297. The van der Waals surface area contributed by atoms with E-state index in [4.69, 9.17) is 5.73 Å². The fourth-order valence-corrected chi connectivity index (χ4v) is 1.23. The van der Waals surface area contributed by atoms with Gasteiger partial charge in [-0.3, -0.25) is 4.79 Å². The standard InChI is InChI=1S/C10H14N2O/c1-8-4-9(5-11)2-3-10(8)6-12-7-13/h2-4,7H,5-6,11H2,1H3,(H,12,13). The second kappa shape index (κ2) is 4.62. The van der Waals surface area contributed by atoms with Crippen molar-refractivity contribution in [3.63, 3.8) is 0 Å². The van der Waals surface area contributed by atoms with E-state index >= 15 is 0 Å². The number of rotatable bonds is 4. The van der Waals surface area contributed by atoms with Gasteiger partial charge < -0.3 is 11.1 Å². The molecule has 70 valence electrons. The minimum atomic E-state index is 0.558. The largest absolute Gasteiger partial charge is 0.355 e. The monoisotopic (exact) mass is 178 g/mol. The molecular formula is C10H14N2O. The number of hydrogen-bond donors (Lipinski definition) is 2. The van der Waals surface area contributed by atoms with Crippen molar-refractivity contribution in [1.29, 1.82) is 0 Å². The molecule has 0 bridgehead atoms. The van der Waals surface area contributed by atoms with E-state index in [1.54, 1.807) is 0 Å². The first kappa shape index (κ1) is 9.74. The average molecular weight is 178 g/mol. The lowest BCUT2D eigenvalue weighted by atomic mass is 10.1. The summed E-state index contributed by atoms with van der Waals surface area (Å²) < 4.78 is 0. The van der Waals surface area contributed by atoms with Gasteiger partial charge in [0.05, 0.1) is 0 Å². The van der Waals surface area contributed by atoms with Crippen LogP contribution in [-0.2, 0) is 17.9 Å². The summed E-state index contributed by atoms with van der Waals surface area (Å²) >= 11 is 0. The number of benzene rings is 1. The maximum atomic E-state index is 10.1. The van der Waals surface area contributed by atoms with Gasteiger partial charge in [-0.15, -0.1) is 0 Å². The van der Waals surface area contributed by atoms with Crippen LogP contribution in [0.2, 0.25) is 0 Å². The maximum absolute atomic E-state index is 10.1. The second-order valence-corrected chi connectivity index (χ2v) is 2.96. The zero-order valence-electron chi connectivity index (χ0n) is 7.71. The first-order valence-corrected chi connectivity index (χ1v) is 4.23. The molecule has 1 aromatic rings. The Morgan fingerprint density at radius 1 is 1.54 bits per heavy atom. The topological polar surface area (TPSA) is 55.1 Å². The highest BCUT2D eigenvalue weighted by Crippen LogP contribution is 2.10. The molecule has 0 spiro atoms. The van der Waals surface area contributed by atoms with Crippen molar-refractivity contribution in [3.05, 3.63) is 34.9 Å². The number of amides is 1. The Balaban J connectivity index is 2.78. The summed E-state index contributed by atoms with van der Waals surface area (Å²) in [4.78, 5) is 10.1. The highest BCUT2D eigenvalue weighted by Gasteiger charge is 1.97. The minimum absolute atomic E-state index is 0.558. The molecule has 0 unspecified atom stereocenters. The number of aryl methyl sites for hydroxylation is 1. The normalized spacial score (nSPS) is 9.69. The molecule has 3 heteroatoms. The summed E-state index contributed by atoms with van der Waals surface area (Å²) in [6, 6.07) is 6.02. The summed E-state index contributed by atoms with van der Waals surface area (Å²) in [5, 5.41) is 2.63. The predicted molar refractivity (Wildman–Crippen MR) is 52.0 cm³/mol. The van der Waals surface area contributed by atoms with E-state index in [2.05, 4.69) is 5.32 Å². The van der Waals surface area contributed by atoms with Crippen LogP contribution in [0.15, 0.2) is 18.2 Å². The maximum Gasteiger partial charge on any atom is 0.207 e. The highest BCUT2D eigenvalue weighted by atomic mass is 16.1. The quantitative estimate of drug-likeness (QED) is 0.667. The van der Waals surface area contributed by atoms with Crippen molar-refractivity contribution < 1.29 is 4.79 Å². The van der Waals surface area contributed by atoms with Crippen LogP contribution >= 0.6 is 0 Å². The first-order chi connectivity index (χ1) is 6.27. The SMILES string of the molecule is Cc1cc(CN)ccc1CNC=O. The molecule has 0 saturated carbocycles. The average Bonchev–Trinajstić information content (AvgIpc) is 2.16. The lowest BCUT2D eigenvalue weighted by molar-refractivity contribution is -0.109. The molecule has 0 aliphatic carbocycles. The molecule has 0 radical (unpaired) electrons. The molecule has 0 aliphatic heterocycles. The third-order valence-corrected chi connectivity index (χ3v) is 2.02. The molecule has 1 aromatic carbocycles. The lowest BCUT2D eigenvalue weighted by Gasteiger charge is -2.06. The van der Waals surface area contributed by atoms with Crippen LogP contribution < -0.4 is 11.1 Å². The van der Waals surface area contributed by atoms with Crippen molar-refractivity contribution >= 4 is 6.41 Å². The molecule has 3 nitrogen and oxygen atoms in total. The third-order valence-electron chi connectivity index (χ3n) is 2.02. The van der Waals surface area contributed by atoms with Crippen LogP contribution in [0.1, 0.15) is 16.7 Å². The first-order valence-electron chi connectivity index (χ1n) is 4.23. The van der Waals surface area contributed by atoms with Crippen LogP contribution in [0.5, 0.6) is 0 Å². The molecule has 0 heterocycles. The molecule has 0 aromatic heterocycles. The van der Waals surface area contributed by atoms with Gasteiger partial charge in [-0.1, -0.05) is 18.2 Å². The molecule has 1 amide bonds. The van der Waals surface area contributed by atoms with Gasteiger partial charge >= 0.3 is 0 Å². The van der Waals surface area contributed by atoms with Crippen LogP contribution in [0, 0.1) is 6.92 Å². The highest BCUT2D eigenvalue weighted by molar-refractivity contribution is 5.46. The smallest absolute Gasteiger partial charge is 0.207 e. The minimum Gasteiger partial charge on any atom is -0.355 e. The fraction of sp³-hybridized carbons (Fsp3) is 0.300. The van der Waals surface area contributed by atoms with Gasteiger partial charge in [0.15, 0.2) is 0 Å². The summed E-state index contributed by atoms with van der Waals surface area (Å²) in [5.74, 6) is 0. The van der Waals surface area contributed by atoms with Crippen molar-refractivity contribution in [2.75, 3.05) is 0 Å². The number of nitrogens with one attached hydrogen (secondary N) is 1. The third kappa shape index (κ3) is 2.56. The number of nitrogens with two attached hydrogens (primary N) is 1. The Morgan fingerprint density at radius 2 is 2.31 bits per heavy atom. The van der Waals surface area contributed by atoms with Gasteiger partial charge in [-0.25, -0.2) is 0 Å². The van der Waals surface area contributed by atoms with E-state index in [1.807, 2.05) is 25.1 Å². The van der Waals surface area contributed by atoms with E-state index in [1.165, 1.54) is 0 Å². The van der Waals surface area contributed by atoms with Crippen molar-refractivity contribution in [3.8, 4) is 0 Å². The number of hydrogen-bond acceptors (Lipinski definition) is 2. The van der Waals surface area contributed by atoms with Crippen LogP contribution in [0.4, 0.5) is 0 Å². The van der Waals surface area contributed by atoms with Crippen molar-refractivity contribution in [1.82, 2.24) is 5.32 Å². The van der Waals surface area contributed by atoms with E-state index in [0.717, 1.165) is 16.7 Å². The van der Waals surface area contributed by atoms with E-state index in [0.29, 0.717) is 19.5 Å². The van der Waals surface area contributed by atoms with Gasteiger partial charge in [-0.05, 0) is 23.6 Å². The lowest BCUT2D eigenvalue weighted by Crippen LogP contribution is -2.11. The Hall–Kier alpha value is -1.35. The summed E-state index contributed by atoms with van der Waals surface area (Å²) in [6.07, 6.45) is 0.705. The van der Waals surface area contributed by atoms with E-state index in [9.17, 15) is 4.79 Å². The zero-order valence-corrected chi connectivity index (χ0v) is 7.71. The van der Waals surface area contributed by atoms with E-state index in [-0.39, 0.29) is 0 Å². The van der Waals surface area contributed by atoms with Crippen molar-refractivity contribution in [2.24, 2.45) is 5.73 Å². The Morgan fingerprint density at radius 3 is 2.85 bits per heavy atom. The number of carbonyl (C=O) groups excluding carboxylic acids is 1. The summed E-state index contributed by atoms with van der Waals surface area (Å²) in [7, 11) is 0. The van der Waals surface area contributed by atoms with E-state index < -0.39 is 0 Å². The van der Waals surface area contributed by atoms with Gasteiger partial charge in [0.2, 0.25) is 6.41 Å². The molecule has 0 saturated heterocycles. The van der Waals surface area contributed by atoms with Gasteiger partial charge in [0.1, 0.15) is 0 Å². The summed E-state index contributed by atoms with van der Waals surface area (Å²) in [6.45, 7) is 3.16. The molecule has 0 aliphatic rings. The number of carbonyl (C=O) groups is 1.